The van der Waals surface area contributed by atoms with Gasteiger partial charge >= 0.3 is 0 Å². The lowest BCUT2D eigenvalue weighted by molar-refractivity contribution is -0.0872. The molecule has 0 bridgehead atoms. The van der Waals surface area contributed by atoms with Gasteiger partial charge in [-0.05, 0) is 31.7 Å². The van der Waals surface area contributed by atoms with E-state index >= 15 is 0 Å². The Kier molecular flexibility index (Phi) is 2.45. The van der Waals surface area contributed by atoms with Crippen LogP contribution >= 0.6 is 0 Å². The first-order chi connectivity index (χ1) is 8.49. The van der Waals surface area contributed by atoms with E-state index in [1.165, 1.54) is 12.1 Å². The van der Waals surface area contributed by atoms with Gasteiger partial charge in [-0.1, -0.05) is 6.07 Å². The van der Waals surface area contributed by atoms with Gasteiger partial charge in [0.25, 0.3) is 5.91 Å². The van der Waals surface area contributed by atoms with E-state index < -0.39 is 0 Å². The molecule has 0 aliphatic carbocycles. The molecule has 2 saturated heterocycles. The van der Waals surface area contributed by atoms with Crippen molar-refractivity contribution in [2.24, 2.45) is 5.41 Å². The Morgan fingerprint density at radius 3 is 2.56 bits per heavy atom. The van der Waals surface area contributed by atoms with Crippen LogP contribution in [0.1, 0.15) is 15.9 Å². The van der Waals surface area contributed by atoms with E-state index in [0.717, 1.165) is 31.7 Å². The monoisotopic (exact) mass is 248 g/mol. The number of hydrogen-bond acceptors (Lipinski definition) is 2. The maximum atomic E-state index is 13.2. The molecule has 2 fully saturated rings. The molecule has 4 heteroatoms. The topological polar surface area (TPSA) is 23.6 Å². The molecule has 1 amide bonds. The number of hydrogen-bond donors (Lipinski definition) is 0. The third-order valence-corrected chi connectivity index (χ3v) is 3.98. The van der Waals surface area contributed by atoms with Gasteiger partial charge in [0, 0.05) is 37.2 Å². The zero-order valence-corrected chi connectivity index (χ0v) is 10.7. The number of amides is 1. The number of halogens is 1. The van der Waals surface area contributed by atoms with Gasteiger partial charge in [0.15, 0.2) is 0 Å². The summed E-state index contributed by atoms with van der Waals surface area (Å²) in [4.78, 5) is 16.3. The van der Waals surface area contributed by atoms with Gasteiger partial charge in [0.1, 0.15) is 5.82 Å². The number of benzene rings is 1. The Morgan fingerprint density at radius 2 is 1.94 bits per heavy atom. The van der Waals surface area contributed by atoms with Gasteiger partial charge in [-0.25, -0.2) is 4.39 Å². The summed E-state index contributed by atoms with van der Waals surface area (Å²) in [5.41, 5.74) is 1.66. The first kappa shape index (κ1) is 11.7. The minimum absolute atomic E-state index is 0.0350. The lowest BCUT2D eigenvalue weighted by Gasteiger charge is -2.59. The Balaban J connectivity index is 1.71. The highest BCUT2D eigenvalue weighted by atomic mass is 19.1. The van der Waals surface area contributed by atoms with E-state index in [1.807, 2.05) is 11.8 Å². The van der Waals surface area contributed by atoms with Gasteiger partial charge in [0.2, 0.25) is 0 Å². The second-order valence-electron chi connectivity index (χ2n) is 5.79. The standard InChI is InChI=1S/C14H17FN2O/c1-10-3-4-11(15)5-12(10)13(18)17-8-14(9-17)6-16(2)7-14/h3-5H,6-9H2,1-2H3. The normalized spacial score (nSPS) is 21.6. The molecule has 96 valence electrons. The fourth-order valence-corrected chi connectivity index (χ4v) is 3.20. The van der Waals surface area contributed by atoms with E-state index in [1.54, 1.807) is 6.07 Å². The summed E-state index contributed by atoms with van der Waals surface area (Å²) in [6, 6.07) is 4.40. The third-order valence-electron chi connectivity index (χ3n) is 3.98. The lowest BCUT2D eigenvalue weighted by atomic mass is 9.73. The van der Waals surface area contributed by atoms with Crippen LogP contribution in [0.2, 0.25) is 0 Å². The van der Waals surface area contributed by atoms with Crippen molar-refractivity contribution < 1.29 is 9.18 Å². The van der Waals surface area contributed by atoms with Crippen LogP contribution in [-0.4, -0.2) is 48.9 Å². The van der Waals surface area contributed by atoms with Gasteiger partial charge in [-0.3, -0.25) is 4.79 Å². The van der Waals surface area contributed by atoms with Crippen LogP contribution in [0.5, 0.6) is 0 Å². The fraction of sp³-hybridized carbons (Fsp3) is 0.500. The largest absolute Gasteiger partial charge is 0.337 e. The second kappa shape index (κ2) is 3.79. The molecule has 0 N–H and O–H groups in total. The highest BCUT2D eigenvalue weighted by Crippen LogP contribution is 2.39. The molecular formula is C14H17FN2O. The van der Waals surface area contributed by atoms with Gasteiger partial charge < -0.3 is 9.80 Å². The summed E-state index contributed by atoms with van der Waals surface area (Å²) in [5, 5.41) is 0. The van der Waals surface area contributed by atoms with E-state index in [2.05, 4.69) is 11.9 Å². The molecule has 1 aromatic rings. The molecule has 0 unspecified atom stereocenters. The average molecular weight is 248 g/mol. The number of nitrogens with zero attached hydrogens (tertiary/aromatic N) is 2. The Hall–Kier alpha value is -1.42. The van der Waals surface area contributed by atoms with Crippen LogP contribution in [0.15, 0.2) is 18.2 Å². The maximum Gasteiger partial charge on any atom is 0.254 e. The average Bonchev–Trinajstić information content (AvgIpc) is 2.24. The van der Waals surface area contributed by atoms with Crippen LogP contribution in [0, 0.1) is 18.2 Å². The Labute approximate surface area is 106 Å². The zero-order chi connectivity index (χ0) is 12.9. The molecule has 2 aliphatic heterocycles. The molecule has 2 heterocycles. The molecule has 0 radical (unpaired) electrons. The molecule has 3 nitrogen and oxygen atoms in total. The summed E-state index contributed by atoms with van der Waals surface area (Å²) < 4.78 is 13.2. The SMILES string of the molecule is Cc1ccc(F)cc1C(=O)N1CC2(CN(C)C2)C1. The fourth-order valence-electron chi connectivity index (χ4n) is 3.20. The summed E-state index contributed by atoms with van der Waals surface area (Å²) in [5.74, 6) is -0.380. The van der Waals surface area contributed by atoms with Crippen LogP contribution in [0.3, 0.4) is 0 Å². The van der Waals surface area contributed by atoms with E-state index in [-0.39, 0.29) is 11.7 Å². The highest BCUT2D eigenvalue weighted by Gasteiger charge is 2.51. The predicted octanol–water partition coefficient (Wildman–Crippen LogP) is 1.52. The lowest BCUT2D eigenvalue weighted by Crippen LogP contribution is -2.72. The molecule has 0 saturated carbocycles. The molecule has 1 spiro atoms. The molecule has 0 aromatic heterocycles. The van der Waals surface area contributed by atoms with Gasteiger partial charge in [0.05, 0.1) is 0 Å². The zero-order valence-electron chi connectivity index (χ0n) is 10.7. The predicted molar refractivity (Wildman–Crippen MR) is 67.0 cm³/mol. The molecule has 1 aromatic carbocycles. The molecular weight excluding hydrogens is 231 g/mol. The number of rotatable bonds is 1. The molecule has 3 rings (SSSR count). The molecule has 18 heavy (non-hydrogen) atoms. The number of carbonyl (C=O) groups excluding carboxylic acids is 1. The van der Waals surface area contributed by atoms with Crippen molar-refractivity contribution in [3.63, 3.8) is 0 Å². The van der Waals surface area contributed by atoms with Crippen LogP contribution in [0.4, 0.5) is 4.39 Å². The van der Waals surface area contributed by atoms with Crippen LogP contribution in [-0.2, 0) is 0 Å². The minimum atomic E-state index is -0.345. The summed E-state index contributed by atoms with van der Waals surface area (Å²) in [7, 11) is 2.09. The van der Waals surface area contributed by atoms with E-state index in [9.17, 15) is 9.18 Å². The molecule has 0 atom stereocenters. The van der Waals surface area contributed by atoms with Crippen molar-refractivity contribution in [3.05, 3.63) is 35.1 Å². The van der Waals surface area contributed by atoms with Crippen molar-refractivity contribution in [3.8, 4) is 0 Å². The molecule has 2 aliphatic rings. The third kappa shape index (κ3) is 1.72. The van der Waals surface area contributed by atoms with Crippen molar-refractivity contribution >= 4 is 5.91 Å². The first-order valence-electron chi connectivity index (χ1n) is 6.23. The summed E-state index contributed by atoms with van der Waals surface area (Å²) >= 11 is 0. The van der Waals surface area contributed by atoms with E-state index in [4.69, 9.17) is 0 Å². The second-order valence-corrected chi connectivity index (χ2v) is 5.79. The summed E-state index contributed by atoms with van der Waals surface area (Å²) in [6.45, 7) is 5.61. The highest BCUT2D eigenvalue weighted by molar-refractivity contribution is 5.96. The Morgan fingerprint density at radius 1 is 1.28 bits per heavy atom. The van der Waals surface area contributed by atoms with Crippen LogP contribution < -0.4 is 0 Å². The summed E-state index contributed by atoms with van der Waals surface area (Å²) in [6.07, 6.45) is 0. The van der Waals surface area contributed by atoms with Crippen molar-refractivity contribution in [2.45, 2.75) is 6.92 Å². The van der Waals surface area contributed by atoms with Crippen molar-refractivity contribution in [1.29, 1.82) is 0 Å². The van der Waals surface area contributed by atoms with Crippen LogP contribution in [0.25, 0.3) is 0 Å². The maximum absolute atomic E-state index is 13.2. The van der Waals surface area contributed by atoms with E-state index in [0.29, 0.717) is 11.0 Å². The number of aryl methyl sites for hydroxylation is 1. The number of likely N-dealkylation sites (tertiary alicyclic amines) is 2. The Bertz CT molecular complexity index is 501. The number of carbonyl (C=O) groups is 1. The smallest absolute Gasteiger partial charge is 0.254 e. The van der Waals surface area contributed by atoms with Gasteiger partial charge in [-0.15, -0.1) is 0 Å². The quantitative estimate of drug-likeness (QED) is 0.752. The minimum Gasteiger partial charge on any atom is -0.337 e. The first-order valence-corrected chi connectivity index (χ1v) is 6.23. The van der Waals surface area contributed by atoms with Gasteiger partial charge in [-0.2, -0.15) is 0 Å². The van der Waals surface area contributed by atoms with Crippen molar-refractivity contribution in [1.82, 2.24) is 9.80 Å². The van der Waals surface area contributed by atoms with Crippen molar-refractivity contribution in [2.75, 3.05) is 33.2 Å².